The Morgan fingerprint density at radius 3 is 2.58 bits per heavy atom. The summed E-state index contributed by atoms with van der Waals surface area (Å²) in [5.74, 6) is -0.973. The third-order valence-corrected chi connectivity index (χ3v) is 3.81. The normalized spacial score (nSPS) is 11.6. The van der Waals surface area contributed by atoms with Crippen LogP contribution in [0.1, 0.15) is 22.8 Å². The van der Waals surface area contributed by atoms with Gasteiger partial charge in [0.15, 0.2) is 0 Å². The van der Waals surface area contributed by atoms with Crippen LogP contribution in [0.5, 0.6) is 0 Å². The number of halogens is 1. The molecule has 1 aromatic carbocycles. The molecule has 2 rings (SSSR count). The van der Waals surface area contributed by atoms with E-state index >= 15 is 0 Å². The number of carbonyl (C=O) groups is 2. The average Bonchev–Trinajstić information content (AvgIpc) is 2.60. The summed E-state index contributed by atoms with van der Waals surface area (Å²) in [6.07, 6.45) is 3.34. The Balaban J connectivity index is 2.24. The lowest BCUT2D eigenvalue weighted by molar-refractivity contribution is -0.145. The monoisotopic (exact) mass is 346 g/mol. The second kappa shape index (κ2) is 8.45. The Morgan fingerprint density at radius 2 is 1.96 bits per heavy atom. The average molecular weight is 347 g/mol. The van der Waals surface area contributed by atoms with Crippen molar-refractivity contribution in [1.82, 2.24) is 9.88 Å². The van der Waals surface area contributed by atoms with Crippen molar-refractivity contribution in [3.8, 4) is 0 Å². The van der Waals surface area contributed by atoms with Crippen molar-refractivity contribution in [2.75, 3.05) is 13.7 Å². The van der Waals surface area contributed by atoms with Gasteiger partial charge in [-0.1, -0.05) is 24.6 Å². The van der Waals surface area contributed by atoms with E-state index in [4.69, 9.17) is 16.3 Å². The molecule has 5 nitrogen and oxygen atoms in total. The number of pyridine rings is 1. The Kier molecular flexibility index (Phi) is 6.32. The number of carbonyl (C=O) groups excluding carboxylic acids is 2. The van der Waals surface area contributed by atoms with E-state index in [1.165, 1.54) is 7.11 Å². The van der Waals surface area contributed by atoms with E-state index in [0.29, 0.717) is 17.1 Å². The van der Waals surface area contributed by atoms with Crippen molar-refractivity contribution in [1.29, 1.82) is 0 Å². The first-order valence-corrected chi connectivity index (χ1v) is 7.90. The lowest BCUT2D eigenvalue weighted by atomic mass is 10.1. The van der Waals surface area contributed by atoms with Gasteiger partial charge in [0.1, 0.15) is 0 Å². The van der Waals surface area contributed by atoms with Gasteiger partial charge in [0.2, 0.25) is 0 Å². The molecule has 0 N–H and O–H groups in total. The highest BCUT2D eigenvalue weighted by atomic mass is 35.5. The van der Waals surface area contributed by atoms with Gasteiger partial charge in [0, 0.05) is 36.1 Å². The summed E-state index contributed by atoms with van der Waals surface area (Å²) in [7, 11) is 1.34. The molecular formula is C18H19ClN2O3. The van der Waals surface area contributed by atoms with Crippen LogP contribution in [-0.4, -0.2) is 35.4 Å². The number of amides is 1. The van der Waals surface area contributed by atoms with E-state index < -0.39 is 5.92 Å². The van der Waals surface area contributed by atoms with Gasteiger partial charge in [-0.15, -0.1) is 0 Å². The predicted molar refractivity (Wildman–Crippen MR) is 91.6 cm³/mol. The van der Waals surface area contributed by atoms with Crippen molar-refractivity contribution >= 4 is 23.5 Å². The van der Waals surface area contributed by atoms with Crippen LogP contribution >= 0.6 is 11.6 Å². The highest BCUT2D eigenvalue weighted by Gasteiger charge is 2.23. The molecule has 0 spiro atoms. The van der Waals surface area contributed by atoms with Gasteiger partial charge in [0.25, 0.3) is 5.91 Å². The maximum atomic E-state index is 12.8. The minimum Gasteiger partial charge on any atom is -0.469 e. The fraction of sp³-hybridized carbons (Fsp3) is 0.278. The van der Waals surface area contributed by atoms with Crippen molar-refractivity contribution in [3.05, 3.63) is 64.9 Å². The van der Waals surface area contributed by atoms with Crippen LogP contribution in [0, 0.1) is 5.92 Å². The molecule has 1 heterocycles. The molecule has 2 aromatic rings. The third kappa shape index (κ3) is 4.80. The van der Waals surface area contributed by atoms with Gasteiger partial charge < -0.3 is 9.64 Å². The molecule has 126 valence electrons. The first kappa shape index (κ1) is 17.9. The number of hydrogen-bond acceptors (Lipinski definition) is 4. The Labute approximate surface area is 146 Å². The molecule has 0 saturated carbocycles. The number of rotatable bonds is 6. The van der Waals surface area contributed by atoms with Crippen LogP contribution in [0.15, 0.2) is 48.8 Å². The topological polar surface area (TPSA) is 59.5 Å². The van der Waals surface area contributed by atoms with E-state index in [1.54, 1.807) is 48.5 Å². The largest absolute Gasteiger partial charge is 0.469 e. The molecule has 0 radical (unpaired) electrons. The van der Waals surface area contributed by atoms with Gasteiger partial charge in [-0.2, -0.15) is 0 Å². The lowest BCUT2D eigenvalue weighted by Gasteiger charge is -2.25. The van der Waals surface area contributed by atoms with Crippen LogP contribution in [0.2, 0.25) is 5.02 Å². The van der Waals surface area contributed by atoms with Gasteiger partial charge >= 0.3 is 5.97 Å². The van der Waals surface area contributed by atoms with Gasteiger partial charge in [-0.25, -0.2) is 0 Å². The van der Waals surface area contributed by atoms with Gasteiger partial charge in [-0.3, -0.25) is 14.6 Å². The third-order valence-electron chi connectivity index (χ3n) is 3.58. The van der Waals surface area contributed by atoms with Crippen LogP contribution in [-0.2, 0) is 16.1 Å². The first-order valence-electron chi connectivity index (χ1n) is 7.53. The van der Waals surface area contributed by atoms with Gasteiger partial charge in [0.05, 0.1) is 13.0 Å². The van der Waals surface area contributed by atoms with E-state index in [-0.39, 0.29) is 18.4 Å². The summed E-state index contributed by atoms with van der Waals surface area (Å²) < 4.78 is 4.76. The predicted octanol–water partition coefficient (Wildman–Crippen LogP) is 3.19. The fourth-order valence-corrected chi connectivity index (χ4v) is 2.53. The summed E-state index contributed by atoms with van der Waals surface area (Å²) in [6.45, 7) is 2.35. The summed E-state index contributed by atoms with van der Waals surface area (Å²) in [5, 5.41) is 0.491. The second-order valence-corrected chi connectivity index (χ2v) is 5.91. The number of nitrogens with zero attached hydrogens (tertiary/aromatic N) is 2. The van der Waals surface area contributed by atoms with Crippen LogP contribution in [0.3, 0.4) is 0 Å². The molecule has 1 aromatic heterocycles. The van der Waals surface area contributed by atoms with Crippen LogP contribution in [0.4, 0.5) is 0 Å². The second-order valence-electron chi connectivity index (χ2n) is 5.48. The Morgan fingerprint density at radius 1 is 1.25 bits per heavy atom. The molecule has 1 amide bonds. The summed E-state index contributed by atoms with van der Waals surface area (Å²) >= 11 is 5.98. The SMILES string of the molecule is COC(=O)C(C)CN(Cc1ccncc1)C(=O)c1cccc(Cl)c1. The minimum atomic E-state index is -0.431. The molecule has 0 saturated heterocycles. The number of methoxy groups -OCH3 is 1. The number of hydrogen-bond donors (Lipinski definition) is 0. The van der Waals surface area contributed by atoms with Crippen LogP contribution in [0.25, 0.3) is 0 Å². The molecule has 0 aliphatic carbocycles. The van der Waals surface area contributed by atoms with E-state index in [1.807, 2.05) is 12.1 Å². The lowest BCUT2D eigenvalue weighted by Crippen LogP contribution is -2.36. The zero-order valence-electron chi connectivity index (χ0n) is 13.6. The van der Waals surface area contributed by atoms with Gasteiger partial charge in [-0.05, 0) is 35.9 Å². The Hall–Kier alpha value is -2.40. The zero-order chi connectivity index (χ0) is 17.5. The van der Waals surface area contributed by atoms with Crippen LogP contribution < -0.4 is 0 Å². The highest BCUT2D eigenvalue weighted by molar-refractivity contribution is 6.30. The molecule has 0 bridgehead atoms. The molecule has 0 aliphatic heterocycles. The molecule has 24 heavy (non-hydrogen) atoms. The molecule has 6 heteroatoms. The number of benzene rings is 1. The van der Waals surface area contributed by atoms with Crippen molar-refractivity contribution in [2.45, 2.75) is 13.5 Å². The van der Waals surface area contributed by atoms with Crippen molar-refractivity contribution in [3.63, 3.8) is 0 Å². The smallest absolute Gasteiger partial charge is 0.310 e. The number of aromatic nitrogens is 1. The van der Waals surface area contributed by atoms with Crippen molar-refractivity contribution in [2.24, 2.45) is 5.92 Å². The zero-order valence-corrected chi connectivity index (χ0v) is 14.4. The van der Waals surface area contributed by atoms with E-state index in [2.05, 4.69) is 4.98 Å². The highest BCUT2D eigenvalue weighted by Crippen LogP contribution is 2.16. The molecule has 0 aliphatic rings. The summed E-state index contributed by atoms with van der Waals surface area (Å²) in [5.41, 5.74) is 1.41. The van der Waals surface area contributed by atoms with E-state index in [0.717, 1.165) is 5.56 Å². The molecular weight excluding hydrogens is 328 g/mol. The fourth-order valence-electron chi connectivity index (χ4n) is 2.34. The maximum absolute atomic E-state index is 12.8. The molecule has 0 fully saturated rings. The minimum absolute atomic E-state index is 0.190. The summed E-state index contributed by atoms with van der Waals surface area (Å²) in [6, 6.07) is 10.4. The standard InChI is InChI=1S/C18H19ClN2O3/c1-13(18(23)24-2)11-21(12-14-6-8-20-9-7-14)17(22)15-4-3-5-16(19)10-15/h3-10,13H,11-12H2,1-2H3. The quantitative estimate of drug-likeness (QED) is 0.754. The number of esters is 1. The van der Waals surface area contributed by atoms with Crippen molar-refractivity contribution < 1.29 is 14.3 Å². The number of ether oxygens (including phenoxy) is 1. The molecule has 1 unspecified atom stereocenters. The summed E-state index contributed by atoms with van der Waals surface area (Å²) in [4.78, 5) is 30.2. The van der Waals surface area contributed by atoms with E-state index in [9.17, 15) is 9.59 Å². The molecule has 1 atom stereocenters. The Bertz CT molecular complexity index is 706. The maximum Gasteiger partial charge on any atom is 0.310 e. The first-order chi connectivity index (χ1) is 11.5.